The van der Waals surface area contributed by atoms with Crippen LogP contribution in [0.2, 0.25) is 0 Å². The molecule has 30 heavy (non-hydrogen) atoms. The number of carbonyl (C=O) groups is 2. The lowest BCUT2D eigenvalue weighted by Crippen LogP contribution is -2.43. The lowest BCUT2D eigenvalue weighted by Gasteiger charge is -2.21. The van der Waals surface area contributed by atoms with Crippen molar-refractivity contribution in [1.82, 2.24) is 15.6 Å². The molecular formula is C24H26N4O2. The van der Waals surface area contributed by atoms with Crippen molar-refractivity contribution in [3.63, 3.8) is 0 Å². The van der Waals surface area contributed by atoms with Gasteiger partial charge in [-0.15, -0.1) is 0 Å². The average Bonchev–Trinajstić information content (AvgIpc) is 2.81. The molecule has 0 fully saturated rings. The number of rotatable bonds is 8. The van der Waals surface area contributed by atoms with Crippen LogP contribution in [0.4, 0.5) is 0 Å². The Morgan fingerprint density at radius 1 is 0.900 bits per heavy atom. The van der Waals surface area contributed by atoms with Gasteiger partial charge in [0.05, 0.1) is 0 Å². The van der Waals surface area contributed by atoms with Crippen LogP contribution in [0.3, 0.4) is 0 Å². The zero-order valence-electron chi connectivity index (χ0n) is 16.9. The summed E-state index contributed by atoms with van der Waals surface area (Å²) in [6, 6.07) is 19.3. The Morgan fingerprint density at radius 2 is 1.60 bits per heavy atom. The van der Waals surface area contributed by atoms with Gasteiger partial charge >= 0.3 is 0 Å². The second-order valence-electron chi connectivity index (χ2n) is 6.98. The Hall–Kier alpha value is -3.51. The van der Waals surface area contributed by atoms with Crippen molar-refractivity contribution < 1.29 is 9.59 Å². The molecule has 2 aromatic carbocycles. The SMILES string of the molecule is CCCNC(=O)C(NC(=O)C(N)c1cccnc1)c1ccc(-c2ccccc2)cc1. The minimum Gasteiger partial charge on any atom is -0.354 e. The molecule has 3 rings (SSSR count). The maximum Gasteiger partial charge on any atom is 0.247 e. The highest BCUT2D eigenvalue weighted by Gasteiger charge is 2.26. The summed E-state index contributed by atoms with van der Waals surface area (Å²) in [6.07, 6.45) is 3.96. The molecule has 6 heteroatoms. The average molecular weight is 402 g/mol. The van der Waals surface area contributed by atoms with Crippen molar-refractivity contribution in [3.8, 4) is 11.1 Å². The predicted octanol–water partition coefficient (Wildman–Crippen LogP) is 3.13. The summed E-state index contributed by atoms with van der Waals surface area (Å²) >= 11 is 0. The predicted molar refractivity (Wildman–Crippen MR) is 117 cm³/mol. The number of pyridine rings is 1. The van der Waals surface area contributed by atoms with E-state index in [0.717, 1.165) is 17.5 Å². The molecule has 2 unspecified atom stereocenters. The van der Waals surface area contributed by atoms with Crippen molar-refractivity contribution in [1.29, 1.82) is 0 Å². The summed E-state index contributed by atoms with van der Waals surface area (Å²) < 4.78 is 0. The molecule has 2 atom stereocenters. The lowest BCUT2D eigenvalue weighted by atomic mass is 9.99. The monoisotopic (exact) mass is 402 g/mol. The van der Waals surface area contributed by atoms with Crippen LogP contribution in [0, 0.1) is 0 Å². The quantitative estimate of drug-likeness (QED) is 0.539. The minimum atomic E-state index is -0.913. The van der Waals surface area contributed by atoms with Gasteiger partial charge in [-0.2, -0.15) is 0 Å². The largest absolute Gasteiger partial charge is 0.354 e. The van der Waals surface area contributed by atoms with Crippen LogP contribution in [-0.2, 0) is 9.59 Å². The topological polar surface area (TPSA) is 97.1 Å². The van der Waals surface area contributed by atoms with Crippen LogP contribution in [0.1, 0.15) is 36.6 Å². The van der Waals surface area contributed by atoms with Gasteiger partial charge in [0.25, 0.3) is 0 Å². The van der Waals surface area contributed by atoms with E-state index >= 15 is 0 Å². The maximum absolute atomic E-state index is 12.8. The maximum atomic E-state index is 12.8. The summed E-state index contributed by atoms with van der Waals surface area (Å²) in [7, 11) is 0. The normalized spacial score (nSPS) is 12.6. The summed E-state index contributed by atoms with van der Waals surface area (Å²) in [5.41, 5.74) is 9.47. The van der Waals surface area contributed by atoms with Crippen molar-refractivity contribution in [3.05, 3.63) is 90.3 Å². The Kier molecular flexibility index (Phi) is 7.29. The van der Waals surface area contributed by atoms with Gasteiger partial charge in [0, 0.05) is 18.9 Å². The standard InChI is InChI=1S/C24H26N4O2/c1-2-14-27-24(30)22(28-23(29)21(25)20-9-6-15-26-16-20)19-12-10-18(11-13-19)17-7-4-3-5-8-17/h3-13,15-16,21-22H,2,14,25H2,1H3,(H,27,30)(H,28,29). The van der Waals surface area contributed by atoms with Gasteiger partial charge in [0.1, 0.15) is 12.1 Å². The number of benzene rings is 2. The van der Waals surface area contributed by atoms with Crippen molar-refractivity contribution in [2.24, 2.45) is 5.73 Å². The molecule has 1 heterocycles. The van der Waals surface area contributed by atoms with Crippen molar-refractivity contribution in [2.75, 3.05) is 6.54 Å². The van der Waals surface area contributed by atoms with Crippen molar-refractivity contribution >= 4 is 11.8 Å². The van der Waals surface area contributed by atoms with E-state index in [0.29, 0.717) is 17.7 Å². The number of hydrogen-bond acceptors (Lipinski definition) is 4. The summed E-state index contributed by atoms with van der Waals surface area (Å²) in [5, 5.41) is 5.65. The van der Waals surface area contributed by atoms with E-state index < -0.39 is 18.0 Å². The van der Waals surface area contributed by atoms with Crippen LogP contribution in [0.5, 0.6) is 0 Å². The van der Waals surface area contributed by atoms with Gasteiger partial charge in [-0.05, 0) is 34.7 Å². The van der Waals surface area contributed by atoms with Crippen LogP contribution >= 0.6 is 0 Å². The van der Waals surface area contributed by atoms with Gasteiger partial charge in [-0.25, -0.2) is 0 Å². The Bertz CT molecular complexity index is 960. The molecule has 154 valence electrons. The van der Waals surface area contributed by atoms with Crippen LogP contribution in [-0.4, -0.2) is 23.3 Å². The Labute approximate surface area is 176 Å². The number of carbonyl (C=O) groups excluding carboxylic acids is 2. The van der Waals surface area contributed by atoms with Crippen LogP contribution < -0.4 is 16.4 Å². The minimum absolute atomic E-state index is 0.268. The van der Waals surface area contributed by atoms with Gasteiger partial charge in [0.15, 0.2) is 0 Å². The molecule has 0 radical (unpaired) electrons. The fraction of sp³-hybridized carbons (Fsp3) is 0.208. The number of aromatic nitrogens is 1. The Morgan fingerprint density at radius 3 is 2.23 bits per heavy atom. The van der Waals surface area contributed by atoms with Crippen LogP contribution in [0.25, 0.3) is 11.1 Å². The second-order valence-corrected chi connectivity index (χ2v) is 6.98. The summed E-state index contributed by atoms with van der Waals surface area (Å²) in [4.78, 5) is 29.5. The highest BCUT2D eigenvalue weighted by atomic mass is 16.2. The zero-order valence-corrected chi connectivity index (χ0v) is 16.9. The smallest absolute Gasteiger partial charge is 0.247 e. The number of hydrogen-bond donors (Lipinski definition) is 3. The van der Waals surface area contributed by atoms with E-state index in [1.807, 2.05) is 61.5 Å². The summed E-state index contributed by atoms with van der Waals surface area (Å²) in [5.74, 6) is -0.706. The van der Waals surface area contributed by atoms with E-state index in [1.165, 1.54) is 0 Å². The second kappa shape index (κ2) is 10.3. The lowest BCUT2D eigenvalue weighted by molar-refractivity contribution is -0.129. The molecule has 0 spiro atoms. The molecule has 0 saturated carbocycles. The van der Waals surface area contributed by atoms with Crippen molar-refractivity contribution in [2.45, 2.75) is 25.4 Å². The highest BCUT2D eigenvalue weighted by molar-refractivity contribution is 5.91. The third-order valence-electron chi connectivity index (χ3n) is 4.78. The molecule has 0 aliphatic rings. The number of amides is 2. The fourth-order valence-corrected chi connectivity index (χ4v) is 3.09. The third-order valence-corrected chi connectivity index (χ3v) is 4.78. The number of nitrogens with zero attached hydrogens (tertiary/aromatic N) is 1. The van der Waals surface area contributed by atoms with Crippen LogP contribution in [0.15, 0.2) is 79.1 Å². The first kappa shape index (κ1) is 21.2. The third kappa shape index (κ3) is 5.30. The molecular weight excluding hydrogens is 376 g/mol. The Balaban J connectivity index is 1.81. The van der Waals surface area contributed by atoms with E-state index in [-0.39, 0.29) is 5.91 Å². The molecule has 0 saturated heterocycles. The number of nitrogens with two attached hydrogens (primary N) is 1. The van der Waals surface area contributed by atoms with E-state index in [4.69, 9.17) is 5.73 Å². The fourth-order valence-electron chi connectivity index (χ4n) is 3.09. The molecule has 1 aromatic heterocycles. The molecule has 2 amide bonds. The highest BCUT2D eigenvalue weighted by Crippen LogP contribution is 2.23. The van der Waals surface area contributed by atoms with Gasteiger partial charge in [-0.3, -0.25) is 14.6 Å². The molecule has 6 nitrogen and oxygen atoms in total. The first-order valence-electron chi connectivity index (χ1n) is 9.99. The molecule has 0 aliphatic carbocycles. The van der Waals surface area contributed by atoms with E-state index in [2.05, 4.69) is 15.6 Å². The molecule has 3 aromatic rings. The zero-order chi connectivity index (χ0) is 21.3. The van der Waals surface area contributed by atoms with Gasteiger partial charge in [0.2, 0.25) is 11.8 Å². The van der Waals surface area contributed by atoms with Gasteiger partial charge in [-0.1, -0.05) is 67.6 Å². The molecule has 4 N–H and O–H groups in total. The van der Waals surface area contributed by atoms with E-state index in [1.54, 1.807) is 24.5 Å². The van der Waals surface area contributed by atoms with E-state index in [9.17, 15) is 9.59 Å². The first-order valence-corrected chi connectivity index (χ1v) is 9.99. The summed E-state index contributed by atoms with van der Waals surface area (Å²) in [6.45, 7) is 2.50. The number of nitrogens with one attached hydrogen (secondary N) is 2. The molecule has 0 bridgehead atoms. The molecule has 0 aliphatic heterocycles. The first-order chi connectivity index (χ1) is 14.6. The van der Waals surface area contributed by atoms with Gasteiger partial charge < -0.3 is 16.4 Å².